The highest BCUT2D eigenvalue weighted by Crippen LogP contribution is 2.69. The van der Waals surface area contributed by atoms with E-state index in [0.717, 1.165) is 32.1 Å². The lowest BCUT2D eigenvalue weighted by Gasteiger charge is -2.60. The Labute approximate surface area is 172 Å². The van der Waals surface area contributed by atoms with Crippen molar-refractivity contribution in [3.63, 3.8) is 0 Å². The minimum Gasteiger partial charge on any atom is -0.451 e. The van der Waals surface area contributed by atoms with Crippen molar-refractivity contribution in [2.24, 2.45) is 34.5 Å². The van der Waals surface area contributed by atoms with Crippen molar-refractivity contribution in [1.29, 1.82) is 0 Å². The fourth-order valence-electron chi connectivity index (χ4n) is 8.02. The average Bonchev–Trinajstić information content (AvgIpc) is 2.95. The van der Waals surface area contributed by atoms with E-state index in [1.54, 1.807) is 0 Å². The summed E-state index contributed by atoms with van der Waals surface area (Å²) in [6.07, 6.45) is 7.28. The lowest BCUT2D eigenvalue weighted by Crippen LogP contribution is -2.60. The second-order valence-corrected chi connectivity index (χ2v) is 10.5. The van der Waals surface area contributed by atoms with Gasteiger partial charge in [0.25, 0.3) is 0 Å². The number of rotatable bonds is 3. The molecule has 0 heterocycles. The standard InChI is InChI=1S/C24H33FO4/c1-14-11-17-18(22(3)8-5-16(27)12-20(14)22)6-9-23(4)19(17)7-10-24(23,21(28)13-25)29-15(2)26/h12,14,17-19H,5-11,13H2,1-4H3/t14-,17-,18+,19+,22-,23+,24+/m1/s1. The molecule has 4 aliphatic carbocycles. The van der Waals surface area contributed by atoms with Crippen LogP contribution in [-0.2, 0) is 19.1 Å². The molecule has 0 amide bonds. The Morgan fingerprint density at radius 2 is 1.86 bits per heavy atom. The summed E-state index contributed by atoms with van der Waals surface area (Å²) in [7, 11) is 0. The van der Waals surface area contributed by atoms with E-state index in [0.29, 0.717) is 30.6 Å². The van der Waals surface area contributed by atoms with E-state index < -0.39 is 29.4 Å². The predicted octanol–water partition coefficient (Wildman–Crippen LogP) is 4.60. The average molecular weight is 405 g/mol. The topological polar surface area (TPSA) is 60.4 Å². The molecular formula is C24H33FO4. The molecule has 5 heteroatoms. The number of ketones is 2. The number of fused-ring (bicyclic) bond motifs is 5. The van der Waals surface area contributed by atoms with Crippen molar-refractivity contribution < 1.29 is 23.5 Å². The molecule has 4 aliphatic rings. The van der Waals surface area contributed by atoms with Crippen LogP contribution in [0.15, 0.2) is 11.6 Å². The SMILES string of the molecule is CC(=O)O[C@]1(C(=O)CF)CC[C@H]2[C@@H]3C[C@@H](C)C4=CC(=O)CC[C@]4(C)[C@H]3CC[C@@]21C. The van der Waals surface area contributed by atoms with Crippen LogP contribution in [0, 0.1) is 34.5 Å². The van der Waals surface area contributed by atoms with E-state index in [9.17, 15) is 18.8 Å². The molecule has 29 heavy (non-hydrogen) atoms. The van der Waals surface area contributed by atoms with Crippen LogP contribution in [0.5, 0.6) is 0 Å². The van der Waals surface area contributed by atoms with Crippen molar-refractivity contribution >= 4 is 17.5 Å². The van der Waals surface area contributed by atoms with Crippen LogP contribution < -0.4 is 0 Å². The van der Waals surface area contributed by atoms with Gasteiger partial charge < -0.3 is 4.74 Å². The number of ether oxygens (including phenoxy) is 1. The van der Waals surface area contributed by atoms with Crippen LogP contribution in [0.25, 0.3) is 0 Å². The Morgan fingerprint density at radius 1 is 1.17 bits per heavy atom. The minimum atomic E-state index is -1.33. The first-order chi connectivity index (χ1) is 13.6. The quantitative estimate of drug-likeness (QED) is 0.645. The molecule has 0 aromatic carbocycles. The van der Waals surface area contributed by atoms with Gasteiger partial charge in [0.15, 0.2) is 18.1 Å². The summed E-state index contributed by atoms with van der Waals surface area (Å²) >= 11 is 0. The molecule has 0 radical (unpaired) electrons. The van der Waals surface area contributed by atoms with E-state index in [4.69, 9.17) is 4.74 Å². The highest BCUT2D eigenvalue weighted by atomic mass is 19.1. The van der Waals surface area contributed by atoms with Gasteiger partial charge in [-0.05, 0) is 73.7 Å². The lowest BCUT2D eigenvalue weighted by atomic mass is 9.44. The van der Waals surface area contributed by atoms with Gasteiger partial charge in [0.1, 0.15) is 0 Å². The monoisotopic (exact) mass is 404 g/mol. The van der Waals surface area contributed by atoms with Crippen molar-refractivity contribution in [1.82, 2.24) is 0 Å². The predicted molar refractivity (Wildman–Crippen MR) is 107 cm³/mol. The number of allylic oxidation sites excluding steroid dienone is 1. The third-order valence-corrected chi connectivity index (χ3v) is 9.29. The third-order valence-electron chi connectivity index (χ3n) is 9.29. The molecule has 4 nitrogen and oxygen atoms in total. The zero-order valence-electron chi connectivity index (χ0n) is 18.1. The number of hydrogen-bond acceptors (Lipinski definition) is 4. The number of Topliss-reactive ketones (excluding diaryl/α,β-unsaturated/α-hetero) is 1. The highest BCUT2D eigenvalue weighted by Gasteiger charge is 2.68. The van der Waals surface area contributed by atoms with Gasteiger partial charge in [0.05, 0.1) is 0 Å². The summed E-state index contributed by atoms with van der Waals surface area (Å²) < 4.78 is 19.3. The maximum absolute atomic E-state index is 13.6. The number of esters is 1. The molecule has 160 valence electrons. The molecule has 0 N–H and O–H groups in total. The zero-order valence-corrected chi connectivity index (χ0v) is 18.1. The largest absolute Gasteiger partial charge is 0.451 e. The molecule has 0 spiro atoms. The lowest BCUT2D eigenvalue weighted by molar-refractivity contribution is -0.189. The maximum Gasteiger partial charge on any atom is 0.303 e. The summed E-state index contributed by atoms with van der Waals surface area (Å²) in [5.41, 5.74) is -0.520. The highest BCUT2D eigenvalue weighted by molar-refractivity contribution is 5.92. The first kappa shape index (κ1) is 20.7. The number of hydrogen-bond donors (Lipinski definition) is 0. The van der Waals surface area contributed by atoms with Gasteiger partial charge in [0, 0.05) is 18.8 Å². The molecule has 4 rings (SSSR count). The van der Waals surface area contributed by atoms with E-state index >= 15 is 0 Å². The summed E-state index contributed by atoms with van der Waals surface area (Å²) in [5, 5.41) is 0. The Bertz CT molecular complexity index is 788. The van der Waals surface area contributed by atoms with Gasteiger partial charge in [-0.3, -0.25) is 14.4 Å². The van der Waals surface area contributed by atoms with Crippen LogP contribution in [0.4, 0.5) is 4.39 Å². The van der Waals surface area contributed by atoms with E-state index in [1.165, 1.54) is 12.5 Å². The Morgan fingerprint density at radius 3 is 2.52 bits per heavy atom. The molecule has 3 fully saturated rings. The molecule has 3 saturated carbocycles. The van der Waals surface area contributed by atoms with Gasteiger partial charge >= 0.3 is 5.97 Å². The van der Waals surface area contributed by atoms with E-state index in [1.807, 2.05) is 6.08 Å². The number of carbonyl (C=O) groups is 3. The Hall–Kier alpha value is -1.52. The van der Waals surface area contributed by atoms with Crippen LogP contribution in [0.2, 0.25) is 0 Å². The fraction of sp³-hybridized carbons (Fsp3) is 0.792. The van der Waals surface area contributed by atoms with Crippen molar-refractivity contribution in [3.8, 4) is 0 Å². The molecule has 0 saturated heterocycles. The van der Waals surface area contributed by atoms with E-state index in [2.05, 4.69) is 20.8 Å². The van der Waals surface area contributed by atoms with Crippen LogP contribution in [0.1, 0.15) is 72.6 Å². The first-order valence-electron chi connectivity index (χ1n) is 11.1. The summed E-state index contributed by atoms with van der Waals surface area (Å²) in [6.45, 7) is 6.82. The smallest absolute Gasteiger partial charge is 0.303 e. The van der Waals surface area contributed by atoms with E-state index in [-0.39, 0.29) is 17.1 Å². The molecular weight excluding hydrogens is 371 g/mol. The van der Waals surface area contributed by atoms with Gasteiger partial charge in [-0.2, -0.15) is 0 Å². The second-order valence-electron chi connectivity index (χ2n) is 10.5. The molecule has 0 aliphatic heterocycles. The second kappa shape index (κ2) is 6.75. The number of carbonyl (C=O) groups excluding carboxylic acids is 3. The maximum atomic E-state index is 13.6. The van der Waals surface area contributed by atoms with Crippen LogP contribution >= 0.6 is 0 Å². The molecule has 0 aromatic rings. The summed E-state index contributed by atoms with van der Waals surface area (Å²) in [4.78, 5) is 36.8. The third kappa shape index (κ3) is 2.71. The molecule has 0 bridgehead atoms. The Kier molecular flexibility index (Phi) is 4.83. The van der Waals surface area contributed by atoms with Crippen molar-refractivity contribution in [2.75, 3.05) is 6.67 Å². The zero-order chi connectivity index (χ0) is 21.2. The van der Waals surface area contributed by atoms with Crippen molar-refractivity contribution in [2.45, 2.75) is 78.2 Å². The summed E-state index contributed by atoms with van der Waals surface area (Å²) in [6, 6.07) is 0. The first-order valence-corrected chi connectivity index (χ1v) is 11.1. The molecule has 0 aromatic heterocycles. The fourth-order valence-corrected chi connectivity index (χ4v) is 8.02. The molecule has 0 unspecified atom stereocenters. The normalized spacial score (nSPS) is 46.2. The minimum absolute atomic E-state index is 0.0222. The van der Waals surface area contributed by atoms with Crippen LogP contribution in [-0.4, -0.2) is 29.8 Å². The van der Waals surface area contributed by atoms with Gasteiger partial charge in [0.2, 0.25) is 5.78 Å². The van der Waals surface area contributed by atoms with Gasteiger partial charge in [-0.15, -0.1) is 0 Å². The molecule has 7 atom stereocenters. The van der Waals surface area contributed by atoms with Gasteiger partial charge in [-0.25, -0.2) is 4.39 Å². The van der Waals surface area contributed by atoms with Crippen LogP contribution in [0.3, 0.4) is 0 Å². The van der Waals surface area contributed by atoms with Gasteiger partial charge in [-0.1, -0.05) is 26.3 Å². The Balaban J connectivity index is 1.74. The number of halogens is 1. The summed E-state index contributed by atoms with van der Waals surface area (Å²) in [5.74, 6) is 0.592. The number of alkyl halides is 1. The van der Waals surface area contributed by atoms with Crippen molar-refractivity contribution in [3.05, 3.63) is 11.6 Å².